The maximum absolute atomic E-state index is 10.4. The molecule has 0 aliphatic heterocycles. The number of aromatic nitrogens is 2. The Morgan fingerprint density at radius 2 is 1.85 bits per heavy atom. The summed E-state index contributed by atoms with van der Waals surface area (Å²) in [6.07, 6.45) is -1.31. The molecule has 0 aliphatic rings. The van der Waals surface area contributed by atoms with Gasteiger partial charge in [-0.3, -0.25) is 4.68 Å². The molecule has 2 atom stereocenters. The number of benzene rings is 1. The van der Waals surface area contributed by atoms with Crippen molar-refractivity contribution in [3.8, 4) is 5.75 Å². The SMILES string of the molecule is Cc1nn(C)c(C)c1C(O)CNCC(O)COc1ccccc1C(C)C. The summed E-state index contributed by atoms with van der Waals surface area (Å²) in [5.74, 6) is 1.17. The average Bonchev–Trinajstić information content (AvgIpc) is 2.85. The van der Waals surface area contributed by atoms with Crippen molar-refractivity contribution in [3.05, 3.63) is 46.8 Å². The van der Waals surface area contributed by atoms with Crippen molar-refractivity contribution < 1.29 is 14.9 Å². The summed E-state index contributed by atoms with van der Waals surface area (Å²) in [5, 5.41) is 28.0. The predicted octanol–water partition coefficient (Wildman–Crippen LogP) is 2.22. The highest BCUT2D eigenvalue weighted by molar-refractivity contribution is 5.35. The number of hydrogen-bond acceptors (Lipinski definition) is 5. The van der Waals surface area contributed by atoms with E-state index in [4.69, 9.17) is 4.74 Å². The largest absolute Gasteiger partial charge is 0.491 e. The van der Waals surface area contributed by atoms with Crippen molar-refractivity contribution in [2.45, 2.75) is 45.8 Å². The topological polar surface area (TPSA) is 79.5 Å². The second-order valence-corrected chi connectivity index (χ2v) is 7.04. The Bertz CT molecular complexity index is 712. The quantitative estimate of drug-likeness (QED) is 0.638. The number of aryl methyl sites for hydroxylation is 2. The van der Waals surface area contributed by atoms with Crippen molar-refractivity contribution >= 4 is 0 Å². The van der Waals surface area contributed by atoms with E-state index in [1.165, 1.54) is 0 Å². The van der Waals surface area contributed by atoms with Crippen LogP contribution in [0.4, 0.5) is 0 Å². The number of nitrogens with one attached hydrogen (secondary N) is 1. The molecular weight excluding hydrogens is 330 g/mol. The molecular formula is C20H31N3O3. The van der Waals surface area contributed by atoms with E-state index in [0.717, 1.165) is 28.3 Å². The van der Waals surface area contributed by atoms with Crippen LogP contribution in [-0.4, -0.2) is 45.8 Å². The van der Waals surface area contributed by atoms with Crippen LogP contribution >= 0.6 is 0 Å². The van der Waals surface area contributed by atoms with Gasteiger partial charge in [-0.1, -0.05) is 32.0 Å². The molecule has 3 N–H and O–H groups in total. The first kappa shape index (κ1) is 20.4. The molecule has 2 aromatic rings. The molecule has 1 aromatic carbocycles. The fraction of sp³-hybridized carbons (Fsp3) is 0.550. The van der Waals surface area contributed by atoms with E-state index in [0.29, 0.717) is 19.0 Å². The van der Waals surface area contributed by atoms with Gasteiger partial charge >= 0.3 is 0 Å². The standard InChI is InChI=1S/C20H31N3O3/c1-13(2)17-8-6-7-9-19(17)26-12-16(24)10-21-11-18(25)20-14(3)22-23(5)15(20)4/h6-9,13,16,18,21,24-25H,10-12H2,1-5H3. The summed E-state index contributed by atoms with van der Waals surface area (Å²) in [5.41, 5.74) is 3.75. The summed E-state index contributed by atoms with van der Waals surface area (Å²) < 4.78 is 7.54. The zero-order chi connectivity index (χ0) is 19.3. The highest BCUT2D eigenvalue weighted by Crippen LogP contribution is 2.26. The van der Waals surface area contributed by atoms with Gasteiger partial charge in [-0.15, -0.1) is 0 Å². The lowest BCUT2D eigenvalue weighted by atomic mass is 10.0. The minimum absolute atomic E-state index is 0.206. The Morgan fingerprint density at radius 1 is 1.15 bits per heavy atom. The zero-order valence-corrected chi connectivity index (χ0v) is 16.4. The van der Waals surface area contributed by atoms with E-state index < -0.39 is 12.2 Å². The summed E-state index contributed by atoms with van der Waals surface area (Å²) in [6, 6.07) is 7.89. The number of nitrogens with zero attached hydrogens (tertiary/aromatic N) is 2. The van der Waals surface area contributed by atoms with Crippen LogP contribution in [0.25, 0.3) is 0 Å². The monoisotopic (exact) mass is 361 g/mol. The second kappa shape index (κ2) is 9.16. The third-order valence-electron chi connectivity index (χ3n) is 4.59. The van der Waals surface area contributed by atoms with Gasteiger partial charge in [0, 0.05) is 31.4 Å². The van der Waals surface area contributed by atoms with E-state index in [-0.39, 0.29) is 6.61 Å². The molecule has 0 bridgehead atoms. The highest BCUT2D eigenvalue weighted by Gasteiger charge is 2.18. The van der Waals surface area contributed by atoms with Crippen molar-refractivity contribution in [2.24, 2.45) is 7.05 Å². The lowest BCUT2D eigenvalue weighted by molar-refractivity contribution is 0.0989. The van der Waals surface area contributed by atoms with Crippen LogP contribution in [0.15, 0.2) is 24.3 Å². The molecule has 0 saturated carbocycles. The normalized spacial score (nSPS) is 13.8. The number of aliphatic hydroxyl groups excluding tert-OH is 2. The first-order valence-electron chi connectivity index (χ1n) is 9.09. The fourth-order valence-electron chi connectivity index (χ4n) is 3.09. The molecule has 2 rings (SSSR count). The summed E-state index contributed by atoms with van der Waals surface area (Å²) in [6.45, 7) is 8.96. The lowest BCUT2D eigenvalue weighted by Crippen LogP contribution is -2.34. The van der Waals surface area contributed by atoms with Gasteiger partial charge in [0.05, 0.1) is 11.8 Å². The van der Waals surface area contributed by atoms with Crippen LogP contribution in [0.2, 0.25) is 0 Å². The van der Waals surface area contributed by atoms with Crippen molar-refractivity contribution in [3.63, 3.8) is 0 Å². The Morgan fingerprint density at radius 3 is 2.46 bits per heavy atom. The van der Waals surface area contributed by atoms with Gasteiger partial charge in [0.1, 0.15) is 18.5 Å². The third-order valence-corrected chi connectivity index (χ3v) is 4.59. The number of aliphatic hydroxyl groups is 2. The molecule has 0 aliphatic carbocycles. The van der Waals surface area contributed by atoms with Gasteiger partial charge in [-0.25, -0.2) is 0 Å². The van der Waals surface area contributed by atoms with Crippen molar-refractivity contribution in [2.75, 3.05) is 19.7 Å². The average molecular weight is 361 g/mol. The van der Waals surface area contributed by atoms with Crippen LogP contribution in [-0.2, 0) is 7.05 Å². The first-order chi connectivity index (χ1) is 12.3. The maximum atomic E-state index is 10.4. The van der Waals surface area contributed by atoms with Crippen LogP contribution < -0.4 is 10.1 Å². The van der Waals surface area contributed by atoms with Crippen LogP contribution in [0.1, 0.15) is 48.4 Å². The number of hydrogen-bond donors (Lipinski definition) is 3. The minimum atomic E-state index is -0.654. The van der Waals surface area contributed by atoms with Gasteiger partial charge in [0.2, 0.25) is 0 Å². The maximum Gasteiger partial charge on any atom is 0.122 e. The molecule has 26 heavy (non-hydrogen) atoms. The lowest BCUT2D eigenvalue weighted by Gasteiger charge is -2.18. The van der Waals surface area contributed by atoms with E-state index in [1.54, 1.807) is 4.68 Å². The van der Waals surface area contributed by atoms with E-state index in [2.05, 4.69) is 24.3 Å². The molecule has 1 aromatic heterocycles. The molecule has 0 saturated heterocycles. The first-order valence-corrected chi connectivity index (χ1v) is 9.09. The molecule has 6 nitrogen and oxygen atoms in total. The summed E-state index contributed by atoms with van der Waals surface area (Å²) in [7, 11) is 1.86. The van der Waals surface area contributed by atoms with Crippen molar-refractivity contribution in [1.82, 2.24) is 15.1 Å². The van der Waals surface area contributed by atoms with Gasteiger partial charge < -0.3 is 20.3 Å². The molecule has 0 spiro atoms. The molecule has 0 amide bonds. The predicted molar refractivity (Wildman–Crippen MR) is 103 cm³/mol. The minimum Gasteiger partial charge on any atom is -0.491 e. The molecule has 0 fully saturated rings. The Hall–Kier alpha value is -1.89. The zero-order valence-electron chi connectivity index (χ0n) is 16.4. The summed E-state index contributed by atoms with van der Waals surface area (Å²) in [4.78, 5) is 0. The van der Waals surface area contributed by atoms with Gasteiger partial charge in [-0.05, 0) is 31.4 Å². The van der Waals surface area contributed by atoms with E-state index >= 15 is 0 Å². The van der Waals surface area contributed by atoms with Crippen molar-refractivity contribution in [1.29, 1.82) is 0 Å². The fourth-order valence-corrected chi connectivity index (χ4v) is 3.09. The highest BCUT2D eigenvalue weighted by atomic mass is 16.5. The number of para-hydroxylation sites is 1. The number of rotatable bonds is 9. The molecule has 1 heterocycles. The van der Waals surface area contributed by atoms with E-state index in [9.17, 15) is 10.2 Å². The molecule has 144 valence electrons. The van der Waals surface area contributed by atoms with Crippen LogP contribution in [0, 0.1) is 13.8 Å². The van der Waals surface area contributed by atoms with Gasteiger partial charge in [-0.2, -0.15) is 5.10 Å². The Labute approximate surface area is 155 Å². The Balaban J connectivity index is 1.80. The van der Waals surface area contributed by atoms with Gasteiger partial charge in [0.15, 0.2) is 0 Å². The molecule has 2 unspecified atom stereocenters. The third kappa shape index (κ3) is 5.06. The molecule has 0 radical (unpaired) electrons. The number of ether oxygens (including phenoxy) is 1. The smallest absolute Gasteiger partial charge is 0.122 e. The second-order valence-electron chi connectivity index (χ2n) is 7.04. The van der Waals surface area contributed by atoms with Crippen LogP contribution in [0.3, 0.4) is 0 Å². The summed E-state index contributed by atoms with van der Waals surface area (Å²) >= 11 is 0. The molecule has 6 heteroatoms. The van der Waals surface area contributed by atoms with Crippen LogP contribution in [0.5, 0.6) is 5.75 Å². The van der Waals surface area contributed by atoms with E-state index in [1.807, 2.05) is 45.2 Å². The van der Waals surface area contributed by atoms with Gasteiger partial charge in [0.25, 0.3) is 0 Å². The Kier molecular flexibility index (Phi) is 7.20.